The maximum absolute atomic E-state index is 11.7. The van der Waals surface area contributed by atoms with Crippen molar-refractivity contribution >= 4 is 33.2 Å². The molecule has 2 heterocycles. The van der Waals surface area contributed by atoms with E-state index in [1.807, 2.05) is 13.0 Å². The van der Waals surface area contributed by atoms with E-state index in [1.165, 1.54) is 11.3 Å². The lowest BCUT2D eigenvalue weighted by Crippen LogP contribution is -2.22. The van der Waals surface area contributed by atoms with Crippen LogP contribution in [-0.2, 0) is 6.54 Å². The molecule has 0 bridgehead atoms. The molecule has 6 heteroatoms. The second kappa shape index (κ2) is 5.37. The van der Waals surface area contributed by atoms with Gasteiger partial charge in [0.15, 0.2) is 0 Å². The number of aryl methyl sites for hydroxylation is 1. The molecule has 0 fully saturated rings. The Morgan fingerprint density at radius 2 is 2.24 bits per heavy atom. The summed E-state index contributed by atoms with van der Waals surface area (Å²) in [5, 5.41) is 2.80. The molecule has 88 valence electrons. The Morgan fingerprint density at radius 3 is 2.82 bits per heavy atom. The van der Waals surface area contributed by atoms with Crippen molar-refractivity contribution in [3.05, 3.63) is 44.6 Å². The minimum Gasteiger partial charge on any atom is -0.346 e. The predicted molar refractivity (Wildman–Crippen MR) is 70.0 cm³/mol. The standard InChI is InChI=1S/C11H10BrN3OS/c1-7-4-14-8(5-13-7)6-15-11(16)9-2-3-10(12)17-9/h2-5H,6H2,1H3,(H,15,16). The molecular weight excluding hydrogens is 302 g/mol. The summed E-state index contributed by atoms with van der Waals surface area (Å²) < 4.78 is 0.942. The van der Waals surface area contributed by atoms with Gasteiger partial charge in [0.05, 0.1) is 32.8 Å². The lowest BCUT2D eigenvalue weighted by atomic mass is 10.4. The highest BCUT2D eigenvalue weighted by molar-refractivity contribution is 9.11. The normalized spacial score (nSPS) is 10.2. The monoisotopic (exact) mass is 311 g/mol. The average molecular weight is 312 g/mol. The van der Waals surface area contributed by atoms with E-state index in [2.05, 4.69) is 31.2 Å². The van der Waals surface area contributed by atoms with Crippen molar-refractivity contribution < 1.29 is 4.79 Å². The van der Waals surface area contributed by atoms with Gasteiger partial charge in [-0.1, -0.05) is 0 Å². The number of hydrogen-bond donors (Lipinski definition) is 1. The molecule has 0 atom stereocenters. The number of amides is 1. The summed E-state index contributed by atoms with van der Waals surface area (Å²) >= 11 is 4.72. The third-order valence-electron chi connectivity index (χ3n) is 2.06. The number of aromatic nitrogens is 2. The SMILES string of the molecule is Cc1cnc(CNC(=O)c2ccc(Br)s2)cn1. The van der Waals surface area contributed by atoms with Crippen LogP contribution < -0.4 is 5.32 Å². The molecule has 0 saturated carbocycles. The van der Waals surface area contributed by atoms with Gasteiger partial charge >= 0.3 is 0 Å². The van der Waals surface area contributed by atoms with Gasteiger partial charge in [0.25, 0.3) is 5.91 Å². The van der Waals surface area contributed by atoms with Crippen molar-refractivity contribution in [2.45, 2.75) is 13.5 Å². The summed E-state index contributed by atoms with van der Waals surface area (Å²) in [6.45, 7) is 2.26. The molecule has 2 aromatic rings. The first kappa shape index (κ1) is 12.2. The van der Waals surface area contributed by atoms with Gasteiger partial charge in [-0.2, -0.15) is 0 Å². The van der Waals surface area contributed by atoms with Gasteiger partial charge in [0, 0.05) is 6.20 Å². The van der Waals surface area contributed by atoms with Crippen molar-refractivity contribution in [1.82, 2.24) is 15.3 Å². The molecule has 2 aromatic heterocycles. The minimum atomic E-state index is -0.0944. The largest absolute Gasteiger partial charge is 0.346 e. The van der Waals surface area contributed by atoms with Crippen molar-refractivity contribution in [1.29, 1.82) is 0 Å². The summed E-state index contributed by atoms with van der Waals surface area (Å²) in [5.41, 5.74) is 1.61. The molecule has 0 aliphatic rings. The van der Waals surface area contributed by atoms with Crippen LogP contribution in [0, 0.1) is 6.92 Å². The highest BCUT2D eigenvalue weighted by atomic mass is 79.9. The van der Waals surface area contributed by atoms with Gasteiger partial charge in [-0.05, 0) is 35.0 Å². The molecule has 0 saturated heterocycles. The second-order valence-electron chi connectivity index (χ2n) is 3.44. The Labute approximate surface area is 111 Å². The molecule has 1 amide bonds. The van der Waals surface area contributed by atoms with E-state index in [-0.39, 0.29) is 5.91 Å². The number of halogens is 1. The zero-order valence-corrected chi connectivity index (χ0v) is 11.5. The molecule has 0 spiro atoms. The summed E-state index contributed by atoms with van der Waals surface area (Å²) in [6.07, 6.45) is 3.35. The summed E-state index contributed by atoms with van der Waals surface area (Å²) in [5.74, 6) is -0.0944. The van der Waals surface area contributed by atoms with E-state index >= 15 is 0 Å². The topological polar surface area (TPSA) is 54.9 Å². The Kier molecular flexibility index (Phi) is 3.86. The number of thiophene rings is 1. The minimum absolute atomic E-state index is 0.0944. The third kappa shape index (κ3) is 3.34. The fourth-order valence-corrected chi connectivity index (χ4v) is 2.51. The first-order chi connectivity index (χ1) is 8.15. The third-order valence-corrected chi connectivity index (χ3v) is 3.68. The number of nitrogens with one attached hydrogen (secondary N) is 1. The van der Waals surface area contributed by atoms with Crippen LogP contribution in [0.5, 0.6) is 0 Å². The van der Waals surface area contributed by atoms with Crippen LogP contribution in [0.25, 0.3) is 0 Å². The maximum Gasteiger partial charge on any atom is 0.261 e. The fraction of sp³-hybridized carbons (Fsp3) is 0.182. The Balaban J connectivity index is 1.94. The molecule has 4 nitrogen and oxygen atoms in total. The number of rotatable bonds is 3. The van der Waals surface area contributed by atoms with Crippen LogP contribution in [0.1, 0.15) is 21.1 Å². The summed E-state index contributed by atoms with van der Waals surface area (Å²) in [4.78, 5) is 20.7. The Morgan fingerprint density at radius 1 is 1.41 bits per heavy atom. The van der Waals surface area contributed by atoms with E-state index in [1.54, 1.807) is 18.5 Å². The number of carbonyl (C=O) groups excluding carboxylic acids is 1. The number of hydrogen-bond acceptors (Lipinski definition) is 4. The van der Waals surface area contributed by atoms with Gasteiger partial charge < -0.3 is 5.32 Å². The molecule has 17 heavy (non-hydrogen) atoms. The van der Waals surface area contributed by atoms with E-state index in [0.717, 1.165) is 15.2 Å². The maximum atomic E-state index is 11.7. The highest BCUT2D eigenvalue weighted by Gasteiger charge is 2.08. The van der Waals surface area contributed by atoms with Crippen LogP contribution in [0.15, 0.2) is 28.3 Å². The lowest BCUT2D eigenvalue weighted by Gasteiger charge is -2.02. The number of nitrogens with zero attached hydrogens (tertiary/aromatic N) is 2. The molecular formula is C11H10BrN3OS. The van der Waals surface area contributed by atoms with Crippen LogP contribution in [-0.4, -0.2) is 15.9 Å². The smallest absolute Gasteiger partial charge is 0.261 e. The first-order valence-electron chi connectivity index (χ1n) is 4.96. The van der Waals surface area contributed by atoms with E-state index in [0.29, 0.717) is 11.4 Å². The molecule has 0 aliphatic heterocycles. The van der Waals surface area contributed by atoms with Gasteiger partial charge in [-0.3, -0.25) is 14.8 Å². The van der Waals surface area contributed by atoms with Gasteiger partial charge in [0.2, 0.25) is 0 Å². The quantitative estimate of drug-likeness (QED) is 0.947. The predicted octanol–water partition coefficient (Wildman–Crippen LogP) is 2.54. The van der Waals surface area contributed by atoms with Crippen molar-refractivity contribution in [3.8, 4) is 0 Å². The molecule has 0 aliphatic carbocycles. The molecule has 0 radical (unpaired) electrons. The number of carbonyl (C=O) groups is 1. The van der Waals surface area contributed by atoms with Crippen molar-refractivity contribution in [2.24, 2.45) is 0 Å². The summed E-state index contributed by atoms with van der Waals surface area (Å²) in [7, 11) is 0. The lowest BCUT2D eigenvalue weighted by molar-refractivity contribution is 0.0954. The first-order valence-corrected chi connectivity index (χ1v) is 6.57. The van der Waals surface area contributed by atoms with Crippen LogP contribution >= 0.6 is 27.3 Å². The Hall–Kier alpha value is -1.27. The van der Waals surface area contributed by atoms with Gasteiger partial charge in [0.1, 0.15) is 0 Å². The van der Waals surface area contributed by atoms with Crippen LogP contribution in [0.2, 0.25) is 0 Å². The zero-order chi connectivity index (χ0) is 12.3. The summed E-state index contributed by atoms with van der Waals surface area (Å²) in [6, 6.07) is 3.64. The van der Waals surface area contributed by atoms with Crippen LogP contribution in [0.4, 0.5) is 0 Å². The van der Waals surface area contributed by atoms with E-state index in [9.17, 15) is 4.79 Å². The zero-order valence-electron chi connectivity index (χ0n) is 9.11. The van der Waals surface area contributed by atoms with E-state index in [4.69, 9.17) is 0 Å². The Bertz CT molecular complexity index is 524. The second-order valence-corrected chi connectivity index (χ2v) is 5.90. The van der Waals surface area contributed by atoms with Gasteiger partial charge in [-0.15, -0.1) is 11.3 Å². The van der Waals surface area contributed by atoms with E-state index < -0.39 is 0 Å². The fourth-order valence-electron chi connectivity index (χ4n) is 1.20. The van der Waals surface area contributed by atoms with Crippen LogP contribution in [0.3, 0.4) is 0 Å². The molecule has 0 unspecified atom stereocenters. The van der Waals surface area contributed by atoms with Crippen molar-refractivity contribution in [2.75, 3.05) is 0 Å². The molecule has 2 rings (SSSR count). The van der Waals surface area contributed by atoms with Gasteiger partial charge in [-0.25, -0.2) is 0 Å². The molecule has 1 N–H and O–H groups in total. The highest BCUT2D eigenvalue weighted by Crippen LogP contribution is 2.21. The van der Waals surface area contributed by atoms with Crippen molar-refractivity contribution in [3.63, 3.8) is 0 Å². The average Bonchev–Trinajstić information content (AvgIpc) is 2.75. The molecule has 0 aromatic carbocycles.